The van der Waals surface area contributed by atoms with Crippen molar-refractivity contribution in [2.75, 3.05) is 13.2 Å². The molecule has 1 spiro atoms. The van der Waals surface area contributed by atoms with Crippen molar-refractivity contribution in [3.63, 3.8) is 0 Å². The molecule has 3 aliphatic carbocycles. The number of nitrogens with one attached hydrogen (secondary N) is 1. The van der Waals surface area contributed by atoms with Crippen LogP contribution in [-0.2, 0) is 9.47 Å². The van der Waals surface area contributed by atoms with Crippen LogP contribution < -0.4 is 5.32 Å². The summed E-state index contributed by atoms with van der Waals surface area (Å²) in [6.45, 7) is 8.11. The van der Waals surface area contributed by atoms with Crippen molar-refractivity contribution < 1.29 is 14.3 Å². The van der Waals surface area contributed by atoms with Crippen molar-refractivity contribution in [1.82, 2.24) is 5.32 Å². The summed E-state index contributed by atoms with van der Waals surface area (Å²) in [6, 6.07) is 0.296. The first-order valence-electron chi connectivity index (χ1n) is 11.2. The number of fused-ring (bicyclic) bond motifs is 3. The third-order valence-electron chi connectivity index (χ3n) is 8.36. The molecule has 1 heterocycles. The number of hydrogen-bond donors (Lipinski definition) is 1. The fourth-order valence-electron chi connectivity index (χ4n) is 6.69. The van der Waals surface area contributed by atoms with Crippen LogP contribution in [0.4, 0.5) is 4.79 Å². The highest BCUT2D eigenvalue weighted by Crippen LogP contribution is 2.59. The Morgan fingerprint density at radius 3 is 2.59 bits per heavy atom. The number of carbonyl (C=O) groups excluding carboxylic acids is 1. The van der Waals surface area contributed by atoms with Gasteiger partial charge in [0, 0.05) is 17.4 Å². The van der Waals surface area contributed by atoms with Gasteiger partial charge in [0.15, 0.2) is 0 Å². The molecule has 0 aromatic rings. The molecule has 0 unspecified atom stereocenters. The predicted molar refractivity (Wildman–Crippen MR) is 107 cm³/mol. The van der Waals surface area contributed by atoms with Crippen molar-refractivity contribution in [1.29, 1.82) is 0 Å². The number of amides is 1. The van der Waals surface area contributed by atoms with E-state index in [9.17, 15) is 4.79 Å². The number of allylic oxidation sites excluding steroid dienone is 1. The van der Waals surface area contributed by atoms with Gasteiger partial charge < -0.3 is 14.8 Å². The lowest BCUT2D eigenvalue weighted by Crippen LogP contribution is -2.61. The highest BCUT2D eigenvalue weighted by molar-refractivity contribution is 5.67. The molecule has 0 aromatic heterocycles. The molecule has 2 bridgehead atoms. The fraction of sp³-hybridized carbons (Fsp3) is 0.870. The number of alkyl carbamates (subject to hydrolysis) is 1. The van der Waals surface area contributed by atoms with Crippen LogP contribution in [0.5, 0.6) is 0 Å². The van der Waals surface area contributed by atoms with E-state index in [1.165, 1.54) is 50.5 Å². The van der Waals surface area contributed by atoms with Gasteiger partial charge in [-0.2, -0.15) is 0 Å². The van der Waals surface area contributed by atoms with Gasteiger partial charge in [-0.3, -0.25) is 0 Å². The maximum atomic E-state index is 12.4. The van der Waals surface area contributed by atoms with E-state index in [0.29, 0.717) is 37.0 Å². The van der Waals surface area contributed by atoms with E-state index < -0.39 is 0 Å². The molecule has 3 fully saturated rings. The molecule has 4 heteroatoms. The van der Waals surface area contributed by atoms with Gasteiger partial charge >= 0.3 is 6.09 Å². The molecule has 0 radical (unpaired) electrons. The summed E-state index contributed by atoms with van der Waals surface area (Å²) in [5.41, 5.74) is 1.43. The minimum Gasteiger partial charge on any atom is -0.449 e. The molecular formula is C23H37NO3. The second kappa shape index (κ2) is 7.42. The maximum absolute atomic E-state index is 12.4. The number of hydrogen-bond acceptors (Lipinski definition) is 3. The van der Waals surface area contributed by atoms with E-state index in [2.05, 4.69) is 32.2 Å². The standard InChI is InChI=1S/C23H37NO3/c1-16-13-17(2)22(14-26-21(25)24-19-9-5-4-6-10-19)15-27-23(11-7-8-12-23)20(16)18(22)3/h13,17-20H,4-12,14-15H2,1-3H3,(H,24,25)/t17-,18-,20+,22-/m1/s1. The summed E-state index contributed by atoms with van der Waals surface area (Å²) in [5.74, 6) is 1.31. The molecule has 4 atom stereocenters. The minimum absolute atomic E-state index is 0.0357. The average molecular weight is 376 g/mol. The van der Waals surface area contributed by atoms with Crippen molar-refractivity contribution in [2.24, 2.45) is 23.2 Å². The summed E-state index contributed by atoms with van der Waals surface area (Å²) < 4.78 is 12.5. The fourth-order valence-corrected chi connectivity index (χ4v) is 6.69. The quantitative estimate of drug-likeness (QED) is 0.688. The van der Waals surface area contributed by atoms with Gasteiger partial charge in [0.2, 0.25) is 0 Å². The van der Waals surface area contributed by atoms with Crippen LogP contribution in [0.25, 0.3) is 0 Å². The van der Waals surface area contributed by atoms with Gasteiger partial charge in [0.05, 0.1) is 12.2 Å². The Balaban J connectivity index is 1.45. The van der Waals surface area contributed by atoms with Crippen LogP contribution in [0.2, 0.25) is 0 Å². The first-order chi connectivity index (χ1) is 13.0. The lowest BCUT2D eigenvalue weighted by molar-refractivity contribution is -0.212. The second-order valence-electron chi connectivity index (χ2n) is 9.81. The molecule has 1 aliphatic heterocycles. The average Bonchev–Trinajstić information content (AvgIpc) is 3.10. The zero-order valence-electron chi connectivity index (χ0n) is 17.4. The molecule has 4 rings (SSSR count). The normalized spacial score (nSPS) is 38.5. The summed E-state index contributed by atoms with van der Waals surface area (Å²) in [7, 11) is 0. The van der Waals surface area contributed by atoms with Gasteiger partial charge in [0.25, 0.3) is 0 Å². The van der Waals surface area contributed by atoms with Crippen molar-refractivity contribution >= 4 is 6.09 Å². The van der Waals surface area contributed by atoms with Gasteiger partial charge in [-0.15, -0.1) is 0 Å². The summed E-state index contributed by atoms with van der Waals surface area (Å²) in [6.07, 6.45) is 13.0. The first-order valence-corrected chi connectivity index (χ1v) is 11.2. The molecule has 1 N–H and O–H groups in total. The Morgan fingerprint density at radius 2 is 1.89 bits per heavy atom. The molecule has 2 saturated carbocycles. The molecule has 4 aliphatic rings. The second-order valence-corrected chi connectivity index (χ2v) is 9.81. The Hall–Kier alpha value is -1.03. The van der Waals surface area contributed by atoms with Crippen LogP contribution in [0.1, 0.15) is 78.6 Å². The Labute approximate surface area is 164 Å². The van der Waals surface area contributed by atoms with E-state index in [1.54, 1.807) is 0 Å². The monoisotopic (exact) mass is 375 g/mol. The van der Waals surface area contributed by atoms with Crippen LogP contribution in [0, 0.1) is 23.2 Å². The number of ether oxygens (including phenoxy) is 2. The molecule has 4 nitrogen and oxygen atoms in total. The zero-order valence-corrected chi connectivity index (χ0v) is 17.4. The van der Waals surface area contributed by atoms with Crippen LogP contribution in [-0.4, -0.2) is 30.9 Å². The van der Waals surface area contributed by atoms with Crippen molar-refractivity contribution in [3.05, 3.63) is 11.6 Å². The lowest BCUT2D eigenvalue weighted by Gasteiger charge is -2.59. The Bertz CT molecular complexity index is 588. The smallest absolute Gasteiger partial charge is 0.407 e. The molecule has 1 saturated heterocycles. The number of rotatable bonds is 3. The van der Waals surface area contributed by atoms with Gasteiger partial charge in [-0.25, -0.2) is 4.79 Å². The predicted octanol–water partition coefficient (Wildman–Crippen LogP) is 5.22. The number of carbonyl (C=O) groups is 1. The van der Waals surface area contributed by atoms with E-state index >= 15 is 0 Å². The van der Waals surface area contributed by atoms with Gasteiger partial charge in [0.1, 0.15) is 6.61 Å². The summed E-state index contributed by atoms with van der Waals surface area (Å²) >= 11 is 0. The van der Waals surface area contributed by atoms with E-state index in [-0.39, 0.29) is 17.1 Å². The van der Waals surface area contributed by atoms with Crippen LogP contribution in [0.15, 0.2) is 11.6 Å². The van der Waals surface area contributed by atoms with Crippen LogP contribution in [0.3, 0.4) is 0 Å². The van der Waals surface area contributed by atoms with E-state index in [4.69, 9.17) is 9.47 Å². The van der Waals surface area contributed by atoms with Crippen molar-refractivity contribution in [3.8, 4) is 0 Å². The topological polar surface area (TPSA) is 47.6 Å². The summed E-state index contributed by atoms with van der Waals surface area (Å²) in [4.78, 5) is 12.4. The lowest BCUT2D eigenvalue weighted by atomic mass is 9.53. The molecular weight excluding hydrogens is 338 g/mol. The molecule has 1 amide bonds. The van der Waals surface area contributed by atoms with Crippen molar-refractivity contribution in [2.45, 2.75) is 90.2 Å². The van der Waals surface area contributed by atoms with E-state index in [1.807, 2.05) is 0 Å². The zero-order chi connectivity index (χ0) is 19.1. The molecule has 27 heavy (non-hydrogen) atoms. The Morgan fingerprint density at radius 1 is 1.19 bits per heavy atom. The SMILES string of the molecule is CC1=C[C@@H](C)[C@@]2(COC(=O)NC3CCCCC3)COC3(CCCC3)[C@@H]1[C@H]2C. The highest BCUT2D eigenvalue weighted by atomic mass is 16.6. The summed E-state index contributed by atoms with van der Waals surface area (Å²) in [5, 5.41) is 3.10. The van der Waals surface area contributed by atoms with Gasteiger partial charge in [-0.1, -0.05) is 57.6 Å². The third-order valence-corrected chi connectivity index (χ3v) is 8.36. The Kier molecular flexibility index (Phi) is 5.30. The highest BCUT2D eigenvalue weighted by Gasteiger charge is 2.60. The minimum atomic E-state index is -0.236. The first kappa shape index (κ1) is 19.3. The molecule has 152 valence electrons. The van der Waals surface area contributed by atoms with Crippen LogP contribution >= 0.6 is 0 Å². The third kappa shape index (κ3) is 3.32. The largest absolute Gasteiger partial charge is 0.449 e. The molecule has 0 aromatic carbocycles. The van der Waals surface area contributed by atoms with E-state index in [0.717, 1.165) is 12.8 Å². The maximum Gasteiger partial charge on any atom is 0.407 e. The van der Waals surface area contributed by atoms with Gasteiger partial charge in [-0.05, 0) is 44.4 Å².